The van der Waals surface area contributed by atoms with E-state index in [1.165, 1.54) is 17.7 Å². The summed E-state index contributed by atoms with van der Waals surface area (Å²) < 4.78 is 0. The molecule has 25 heavy (non-hydrogen) atoms. The van der Waals surface area contributed by atoms with Crippen LogP contribution in [0, 0.1) is 27.4 Å². The summed E-state index contributed by atoms with van der Waals surface area (Å²) in [6, 6.07) is 14.6. The molecule has 0 amide bonds. The lowest BCUT2D eigenvalue weighted by Crippen LogP contribution is -2.34. The van der Waals surface area contributed by atoms with Gasteiger partial charge in [0.1, 0.15) is 0 Å². The summed E-state index contributed by atoms with van der Waals surface area (Å²) in [6.45, 7) is 1.75. The van der Waals surface area contributed by atoms with Gasteiger partial charge in [-0.3, -0.25) is 10.1 Å². The average molecular weight is 356 g/mol. The van der Waals surface area contributed by atoms with E-state index in [9.17, 15) is 10.1 Å². The SMILES string of the molecule is N#Cc1cccc(CC2CCN(c3ccc([N+](=O)[O-])cc3Cl)CC2)c1. The Hall–Kier alpha value is -2.58. The molecule has 0 aliphatic carbocycles. The van der Waals surface area contributed by atoms with Crippen molar-refractivity contribution < 1.29 is 4.92 Å². The van der Waals surface area contributed by atoms with Gasteiger partial charge in [0.25, 0.3) is 5.69 Å². The Balaban J connectivity index is 1.62. The summed E-state index contributed by atoms with van der Waals surface area (Å²) in [5.74, 6) is 0.571. The summed E-state index contributed by atoms with van der Waals surface area (Å²) in [5.41, 5.74) is 2.77. The fourth-order valence-corrected chi connectivity index (χ4v) is 3.64. The zero-order chi connectivity index (χ0) is 17.8. The Kier molecular flexibility index (Phi) is 5.20. The van der Waals surface area contributed by atoms with Gasteiger partial charge in [0.15, 0.2) is 0 Å². The van der Waals surface area contributed by atoms with Gasteiger partial charge < -0.3 is 4.90 Å². The van der Waals surface area contributed by atoms with E-state index < -0.39 is 4.92 Å². The van der Waals surface area contributed by atoms with Crippen molar-refractivity contribution in [3.8, 4) is 6.07 Å². The minimum absolute atomic E-state index is 0.0148. The van der Waals surface area contributed by atoms with Crippen molar-refractivity contribution >= 4 is 23.0 Å². The monoisotopic (exact) mass is 355 g/mol. The molecule has 5 nitrogen and oxygen atoms in total. The second-order valence-corrected chi connectivity index (χ2v) is 6.75. The van der Waals surface area contributed by atoms with Gasteiger partial charge in [0.05, 0.1) is 27.3 Å². The van der Waals surface area contributed by atoms with Gasteiger partial charge in [-0.1, -0.05) is 23.7 Å². The predicted molar refractivity (Wildman–Crippen MR) is 97.9 cm³/mol. The molecule has 1 fully saturated rings. The number of halogens is 1. The van der Waals surface area contributed by atoms with Gasteiger partial charge in [-0.25, -0.2) is 0 Å². The molecule has 0 saturated carbocycles. The fraction of sp³-hybridized carbons (Fsp3) is 0.316. The van der Waals surface area contributed by atoms with Gasteiger partial charge in [0, 0.05) is 25.2 Å². The molecule has 6 heteroatoms. The molecule has 3 rings (SSSR count). The molecule has 0 spiro atoms. The second-order valence-electron chi connectivity index (χ2n) is 6.34. The fourth-order valence-electron chi connectivity index (χ4n) is 3.35. The molecule has 1 aliphatic rings. The summed E-state index contributed by atoms with van der Waals surface area (Å²) in [6.07, 6.45) is 3.03. The van der Waals surface area contributed by atoms with Crippen molar-refractivity contribution in [2.24, 2.45) is 5.92 Å². The summed E-state index contributed by atoms with van der Waals surface area (Å²) in [5, 5.41) is 20.2. The number of nitro benzene ring substituents is 1. The number of piperidine rings is 1. The number of nitrogens with zero attached hydrogens (tertiary/aromatic N) is 3. The van der Waals surface area contributed by atoms with Crippen LogP contribution in [0.15, 0.2) is 42.5 Å². The van der Waals surface area contributed by atoms with Crippen LogP contribution in [0.2, 0.25) is 5.02 Å². The normalized spacial score (nSPS) is 15.0. The van der Waals surface area contributed by atoms with E-state index in [0.717, 1.165) is 38.0 Å². The van der Waals surface area contributed by atoms with Crippen molar-refractivity contribution in [1.29, 1.82) is 5.26 Å². The van der Waals surface area contributed by atoms with Gasteiger partial charge >= 0.3 is 0 Å². The third kappa shape index (κ3) is 4.09. The Morgan fingerprint density at radius 1 is 1.24 bits per heavy atom. The zero-order valence-corrected chi connectivity index (χ0v) is 14.4. The maximum Gasteiger partial charge on any atom is 0.271 e. The summed E-state index contributed by atoms with van der Waals surface area (Å²) >= 11 is 6.23. The van der Waals surface area contributed by atoms with Crippen LogP contribution < -0.4 is 4.90 Å². The molecule has 0 aromatic heterocycles. The first-order valence-electron chi connectivity index (χ1n) is 8.25. The summed E-state index contributed by atoms with van der Waals surface area (Å²) in [7, 11) is 0. The number of rotatable bonds is 4. The van der Waals surface area contributed by atoms with Crippen LogP contribution in [0.3, 0.4) is 0 Å². The standard InChI is InChI=1S/C19H18ClN3O2/c20-18-12-17(23(24)25)4-5-19(18)22-8-6-14(7-9-22)10-15-2-1-3-16(11-15)13-21/h1-5,11-12,14H,6-10H2. The van der Waals surface area contributed by atoms with Crippen molar-refractivity contribution in [2.75, 3.05) is 18.0 Å². The highest BCUT2D eigenvalue weighted by atomic mass is 35.5. The van der Waals surface area contributed by atoms with E-state index in [4.69, 9.17) is 16.9 Å². The Morgan fingerprint density at radius 3 is 2.64 bits per heavy atom. The summed E-state index contributed by atoms with van der Waals surface area (Å²) in [4.78, 5) is 12.6. The number of benzene rings is 2. The van der Waals surface area contributed by atoms with Crippen molar-refractivity contribution in [1.82, 2.24) is 0 Å². The average Bonchev–Trinajstić information content (AvgIpc) is 2.62. The molecule has 0 atom stereocenters. The first-order chi connectivity index (χ1) is 12.1. The number of nitro groups is 1. The molecule has 0 radical (unpaired) electrons. The lowest BCUT2D eigenvalue weighted by Gasteiger charge is -2.34. The van der Waals surface area contributed by atoms with E-state index >= 15 is 0 Å². The molecular formula is C19H18ClN3O2. The van der Waals surface area contributed by atoms with Crippen LogP contribution in [0.1, 0.15) is 24.0 Å². The topological polar surface area (TPSA) is 70.2 Å². The van der Waals surface area contributed by atoms with Gasteiger partial charge in [-0.15, -0.1) is 0 Å². The maximum absolute atomic E-state index is 10.8. The van der Waals surface area contributed by atoms with E-state index in [-0.39, 0.29) is 5.69 Å². The number of anilines is 1. The van der Waals surface area contributed by atoms with E-state index in [1.54, 1.807) is 6.07 Å². The number of hydrogen-bond donors (Lipinski definition) is 0. The van der Waals surface area contributed by atoms with Crippen LogP contribution >= 0.6 is 11.6 Å². The molecule has 0 N–H and O–H groups in total. The molecule has 1 heterocycles. The van der Waals surface area contributed by atoms with E-state index in [1.807, 2.05) is 18.2 Å². The lowest BCUT2D eigenvalue weighted by atomic mass is 9.89. The molecule has 1 aliphatic heterocycles. The van der Waals surface area contributed by atoms with Gasteiger partial charge in [0.2, 0.25) is 0 Å². The van der Waals surface area contributed by atoms with E-state index in [0.29, 0.717) is 16.5 Å². The van der Waals surface area contributed by atoms with Crippen molar-refractivity contribution in [2.45, 2.75) is 19.3 Å². The molecule has 0 unspecified atom stereocenters. The van der Waals surface area contributed by atoms with Crippen molar-refractivity contribution in [3.63, 3.8) is 0 Å². The van der Waals surface area contributed by atoms with Crippen LogP contribution in [0.5, 0.6) is 0 Å². The highest BCUT2D eigenvalue weighted by molar-refractivity contribution is 6.33. The number of non-ortho nitro benzene ring substituents is 1. The molecule has 1 saturated heterocycles. The number of nitriles is 1. The third-order valence-corrected chi connectivity index (χ3v) is 4.98. The maximum atomic E-state index is 10.8. The van der Waals surface area contributed by atoms with Crippen molar-refractivity contribution in [3.05, 3.63) is 68.7 Å². The smallest absolute Gasteiger partial charge is 0.271 e. The molecule has 128 valence electrons. The molecule has 2 aromatic carbocycles. The minimum atomic E-state index is -0.433. The predicted octanol–water partition coefficient (Wildman–Crippen LogP) is 4.58. The zero-order valence-electron chi connectivity index (χ0n) is 13.7. The third-order valence-electron chi connectivity index (χ3n) is 4.68. The Labute approximate surface area is 151 Å². The first kappa shape index (κ1) is 17.2. The lowest BCUT2D eigenvalue weighted by molar-refractivity contribution is -0.384. The first-order valence-corrected chi connectivity index (χ1v) is 8.62. The highest BCUT2D eigenvalue weighted by Gasteiger charge is 2.22. The Morgan fingerprint density at radius 2 is 2.00 bits per heavy atom. The van der Waals surface area contributed by atoms with Crippen LogP contribution in [-0.2, 0) is 6.42 Å². The molecular weight excluding hydrogens is 338 g/mol. The van der Waals surface area contributed by atoms with Gasteiger partial charge in [-0.2, -0.15) is 5.26 Å². The van der Waals surface area contributed by atoms with Crippen LogP contribution in [0.4, 0.5) is 11.4 Å². The van der Waals surface area contributed by atoms with Gasteiger partial charge in [-0.05, 0) is 48.9 Å². The Bertz CT molecular complexity index is 824. The number of hydrogen-bond acceptors (Lipinski definition) is 4. The van der Waals surface area contributed by atoms with Crippen LogP contribution in [0.25, 0.3) is 0 Å². The highest BCUT2D eigenvalue weighted by Crippen LogP contribution is 2.33. The largest absolute Gasteiger partial charge is 0.370 e. The second kappa shape index (κ2) is 7.54. The van der Waals surface area contributed by atoms with E-state index in [2.05, 4.69) is 17.0 Å². The molecule has 2 aromatic rings. The quantitative estimate of drug-likeness (QED) is 0.594. The minimum Gasteiger partial charge on any atom is -0.370 e. The van der Waals surface area contributed by atoms with Crippen LogP contribution in [-0.4, -0.2) is 18.0 Å². The molecule has 0 bridgehead atoms.